The molecule has 0 saturated carbocycles. The lowest BCUT2D eigenvalue weighted by Crippen LogP contribution is -2.59. The van der Waals surface area contributed by atoms with Gasteiger partial charge in [-0.25, -0.2) is 9.59 Å². The van der Waals surface area contributed by atoms with E-state index in [0.717, 1.165) is 55.6 Å². The van der Waals surface area contributed by atoms with E-state index in [1.165, 1.54) is 9.36 Å². The van der Waals surface area contributed by atoms with Gasteiger partial charge >= 0.3 is 24.2 Å². The minimum atomic E-state index is -1.26. The maximum atomic E-state index is 15.0. The average Bonchev–Trinajstić information content (AvgIpc) is 1.62. The topological polar surface area (TPSA) is 300 Å². The monoisotopic (exact) mass is 1410 g/mol. The predicted molar refractivity (Wildman–Crippen MR) is 381 cm³/mol. The molecule has 2 saturated heterocycles. The highest BCUT2D eigenvalue weighted by Crippen LogP contribution is 2.46. The Kier molecular flexibility index (Phi) is 24.3. The number of tetrazole rings is 2. The van der Waals surface area contributed by atoms with Crippen LogP contribution in [0.5, 0.6) is 12.0 Å². The molecule has 6 aromatic carbocycles. The number of aromatic nitrogens is 8. The molecule has 12 rings (SSSR count). The van der Waals surface area contributed by atoms with Gasteiger partial charge in [0.25, 0.3) is 0 Å². The normalized spacial score (nSPS) is 16.6. The summed E-state index contributed by atoms with van der Waals surface area (Å²) in [6.07, 6.45) is -0.649. The zero-order valence-corrected chi connectivity index (χ0v) is 58.5. The lowest BCUT2D eigenvalue weighted by Gasteiger charge is -2.32. The number of nitrogens with one attached hydrogen (secondary N) is 4. The number of ether oxygens (including phenoxy) is 6. The summed E-state index contributed by atoms with van der Waals surface area (Å²) < 4.78 is 39.1. The van der Waals surface area contributed by atoms with E-state index in [2.05, 4.69) is 76.0 Å². The molecular formula is C78H84N14O12. The minimum absolute atomic E-state index is 0.0342. The number of carbonyl (C=O) groups excluding carboxylic acids is 6. The van der Waals surface area contributed by atoms with Gasteiger partial charge in [-0.1, -0.05) is 194 Å². The summed E-state index contributed by atoms with van der Waals surface area (Å²) in [7, 11) is 0. The first-order chi connectivity index (χ1) is 50.8. The Bertz CT molecular complexity index is 4070. The number of amides is 6. The Hall–Kier alpha value is -11.5. The van der Waals surface area contributed by atoms with E-state index < -0.39 is 84.3 Å². The fourth-order valence-corrected chi connectivity index (χ4v) is 13.9. The molecule has 2 aliphatic heterocycles. The number of hydrogen-bond acceptors (Lipinski definition) is 18. The molecule has 8 atom stereocenters. The highest BCUT2D eigenvalue weighted by atomic mass is 16.6. The molecule has 26 heteroatoms. The molecule has 0 spiro atoms. The van der Waals surface area contributed by atoms with E-state index in [9.17, 15) is 28.8 Å². The van der Waals surface area contributed by atoms with Crippen molar-refractivity contribution in [1.82, 2.24) is 71.5 Å². The molecule has 0 bridgehead atoms. The van der Waals surface area contributed by atoms with Gasteiger partial charge in [-0.15, -0.1) is 0 Å². The molecule has 4 N–H and O–H groups in total. The highest BCUT2D eigenvalue weighted by Gasteiger charge is 2.42. The largest absolute Gasteiger partial charge is 0.458 e. The van der Waals surface area contributed by atoms with Crippen molar-refractivity contribution in [2.75, 3.05) is 39.5 Å². The van der Waals surface area contributed by atoms with E-state index in [4.69, 9.17) is 28.4 Å². The van der Waals surface area contributed by atoms with Gasteiger partial charge in [0.2, 0.25) is 23.6 Å². The van der Waals surface area contributed by atoms with Crippen molar-refractivity contribution < 1.29 is 57.2 Å². The number of alkyl carbamates (subject to hydrolysis) is 2. The van der Waals surface area contributed by atoms with Gasteiger partial charge in [-0.2, -0.15) is 9.36 Å². The second-order valence-corrected chi connectivity index (χ2v) is 26.0. The van der Waals surface area contributed by atoms with Crippen LogP contribution in [0.25, 0.3) is 22.3 Å². The lowest BCUT2D eigenvalue weighted by molar-refractivity contribution is -0.142. The Labute approximate surface area is 603 Å². The average molecular weight is 1410 g/mol. The number of rotatable bonds is 30. The third-order valence-electron chi connectivity index (χ3n) is 19.4. The van der Waals surface area contributed by atoms with Gasteiger partial charge in [-0.3, -0.25) is 19.2 Å². The molecule has 6 amide bonds. The van der Waals surface area contributed by atoms with Crippen LogP contribution in [0.2, 0.25) is 0 Å². The molecule has 104 heavy (non-hydrogen) atoms. The van der Waals surface area contributed by atoms with Gasteiger partial charge in [0.15, 0.2) is 0 Å². The first kappa shape index (κ1) is 72.3. The number of fused-ring (bicyclic) bond motifs is 6. The fraction of sp³-hybridized carbons (Fsp3) is 0.385. The van der Waals surface area contributed by atoms with Crippen molar-refractivity contribution >= 4 is 35.8 Å². The summed E-state index contributed by atoms with van der Waals surface area (Å²) in [6.45, 7) is 8.01. The van der Waals surface area contributed by atoms with Gasteiger partial charge in [-0.05, 0) is 141 Å². The first-order valence-electron chi connectivity index (χ1n) is 35.3. The van der Waals surface area contributed by atoms with Crippen molar-refractivity contribution in [3.63, 3.8) is 0 Å². The van der Waals surface area contributed by atoms with Crippen molar-refractivity contribution in [3.8, 4) is 58.0 Å². The van der Waals surface area contributed by atoms with Crippen LogP contribution in [-0.2, 0) is 64.4 Å². The SMILES string of the molecule is CC[C@H](NC(=O)OCC1c2ccccc2-c2ccccc21)C(=O)N[C@H](C(=O)N1CCC[C@H]1Cn1nnnc1OCc1ccccc1)[C@@H](C)OCC#CC#CCO[C@H](C)[C@H](NC(=O)[C@H](CC)NC(=O)OCC1c2ccccc2-c2ccccc21)C(=O)N1CCC[C@H]1Cn1nnnc1OCc1ccccc1. The Morgan fingerprint density at radius 3 is 1.20 bits per heavy atom. The summed E-state index contributed by atoms with van der Waals surface area (Å²) >= 11 is 0. The van der Waals surface area contributed by atoms with E-state index in [1.807, 2.05) is 158 Å². The molecule has 26 nitrogen and oxygen atoms in total. The van der Waals surface area contributed by atoms with E-state index in [-0.39, 0.29) is 89.4 Å². The maximum absolute atomic E-state index is 15.0. The van der Waals surface area contributed by atoms with Gasteiger partial charge in [0.05, 0.1) is 37.4 Å². The van der Waals surface area contributed by atoms with Crippen molar-refractivity contribution in [1.29, 1.82) is 0 Å². The number of likely N-dealkylation sites (tertiary alicyclic amines) is 2. The van der Waals surface area contributed by atoms with E-state index >= 15 is 0 Å². The zero-order chi connectivity index (χ0) is 72.3. The fourth-order valence-electron chi connectivity index (χ4n) is 13.9. The molecule has 2 aromatic heterocycles. The van der Waals surface area contributed by atoms with Crippen LogP contribution in [-0.4, -0.2) is 174 Å². The molecular weight excluding hydrogens is 1320 g/mol. The van der Waals surface area contributed by atoms with Gasteiger partial charge in [0, 0.05) is 24.9 Å². The number of benzene rings is 6. The van der Waals surface area contributed by atoms with Crippen molar-refractivity contribution in [2.45, 2.75) is 153 Å². The third-order valence-corrected chi connectivity index (χ3v) is 19.4. The summed E-state index contributed by atoms with van der Waals surface area (Å²) in [5.41, 5.74) is 10.3. The van der Waals surface area contributed by atoms with Gasteiger partial charge < -0.3 is 59.5 Å². The maximum Gasteiger partial charge on any atom is 0.407 e. The molecule has 0 radical (unpaired) electrons. The Morgan fingerprint density at radius 1 is 0.481 bits per heavy atom. The highest BCUT2D eigenvalue weighted by molar-refractivity contribution is 5.93. The van der Waals surface area contributed by atoms with Gasteiger partial charge in [0.1, 0.15) is 63.8 Å². The van der Waals surface area contributed by atoms with Crippen LogP contribution < -0.4 is 30.7 Å². The zero-order valence-electron chi connectivity index (χ0n) is 58.5. The minimum Gasteiger partial charge on any atom is -0.458 e. The Balaban J connectivity index is 0.697. The molecule has 2 aliphatic carbocycles. The predicted octanol–water partition coefficient (Wildman–Crippen LogP) is 7.92. The van der Waals surface area contributed by atoms with Crippen LogP contribution >= 0.6 is 0 Å². The van der Waals surface area contributed by atoms with E-state index in [1.54, 1.807) is 37.5 Å². The number of nitrogens with zero attached hydrogens (tertiary/aromatic N) is 10. The summed E-state index contributed by atoms with van der Waals surface area (Å²) in [6, 6.07) is 46.0. The van der Waals surface area contributed by atoms with Crippen molar-refractivity contribution in [2.24, 2.45) is 0 Å². The quantitative estimate of drug-likeness (QED) is 0.0311. The number of hydrogen-bond donors (Lipinski definition) is 4. The van der Waals surface area contributed by atoms with Crippen LogP contribution in [0.4, 0.5) is 9.59 Å². The third kappa shape index (κ3) is 17.5. The standard InChI is InChI=1S/C78H84N14O12/c1-5-67(79-77(97)103-49-65-61-37-19-15-33-57(61)58-34-16-20-38-62(58)65)71(93)81-69(73(95)89-41-25-31-55(89)45-91-75(83-85-87-91)101-47-53-27-11-9-12-28-53)51(3)99-43-23-7-8-24-44-100-52(4)70(74(96)90-42-26-32-56(90)46-92-76(84-86-88-92)102-48-54-29-13-10-14-30-54)82-72(94)68(6-2)80-78(98)104-50-66-63-39-21-17-35-59(63)60-36-18-22-40-64(60)66/h9-22,27-30,33-40,51-52,55-56,65-70H,5-6,25-26,31-32,41-50H2,1-4H3,(H,79,97)(H,80,98)(H,81,93)(H,82,94)/t51-,52-,55+,56+,67+,68+,69+,70+/m1/s1. The number of carbonyl (C=O) groups is 6. The summed E-state index contributed by atoms with van der Waals surface area (Å²) in [5.74, 6) is 8.75. The molecule has 4 aliphatic rings. The molecule has 538 valence electrons. The second kappa shape index (κ2) is 34.9. The molecule has 4 heterocycles. The molecule has 0 unspecified atom stereocenters. The smallest absolute Gasteiger partial charge is 0.407 e. The lowest BCUT2D eigenvalue weighted by atomic mass is 9.98. The van der Waals surface area contributed by atoms with Crippen LogP contribution in [0, 0.1) is 23.7 Å². The first-order valence-corrected chi connectivity index (χ1v) is 35.3. The molecule has 8 aromatic rings. The molecule has 2 fully saturated rings. The van der Waals surface area contributed by atoms with Crippen LogP contribution in [0.1, 0.15) is 111 Å². The Morgan fingerprint density at radius 2 is 0.837 bits per heavy atom. The van der Waals surface area contributed by atoms with Crippen LogP contribution in [0.15, 0.2) is 158 Å². The second-order valence-electron chi connectivity index (χ2n) is 26.0. The summed E-state index contributed by atoms with van der Waals surface area (Å²) in [4.78, 5) is 89.3. The van der Waals surface area contributed by atoms with E-state index in [0.29, 0.717) is 38.8 Å². The summed E-state index contributed by atoms with van der Waals surface area (Å²) in [5, 5.41) is 35.6. The van der Waals surface area contributed by atoms with Crippen molar-refractivity contribution in [3.05, 3.63) is 191 Å². The van der Waals surface area contributed by atoms with Crippen LogP contribution in [0.3, 0.4) is 0 Å².